The van der Waals surface area contributed by atoms with Crippen molar-refractivity contribution in [3.63, 3.8) is 0 Å². The fourth-order valence-electron chi connectivity index (χ4n) is 0.657. The Labute approximate surface area is 73.0 Å². The van der Waals surface area contributed by atoms with E-state index in [1.807, 2.05) is 0 Å². The van der Waals surface area contributed by atoms with Crippen molar-refractivity contribution in [2.75, 3.05) is 0 Å². The number of carbonyl (C=O) groups is 3. The van der Waals surface area contributed by atoms with Crippen molar-refractivity contribution in [1.82, 2.24) is 5.43 Å². The largest absolute Gasteiger partial charge is 0.479 e. The molecule has 2 amide bonds. The van der Waals surface area contributed by atoms with Crippen LogP contribution in [0, 0.1) is 0 Å². The van der Waals surface area contributed by atoms with Gasteiger partial charge >= 0.3 is 5.97 Å². The molecule has 0 bridgehead atoms. The first-order valence-corrected chi connectivity index (χ1v) is 3.16. The molecular formula is C5H10N4O4. The van der Waals surface area contributed by atoms with Gasteiger partial charge in [0.05, 0.1) is 6.42 Å². The molecule has 0 aromatic rings. The normalized spacial score (nSPS) is 14.3. The SMILES string of the molecule is NNC(=O)[C@](N)(CC(N)=O)C(=O)O. The van der Waals surface area contributed by atoms with E-state index < -0.39 is 29.7 Å². The van der Waals surface area contributed by atoms with Gasteiger partial charge in [-0.05, 0) is 0 Å². The molecule has 0 heterocycles. The second-order valence-corrected chi connectivity index (χ2v) is 2.39. The molecule has 0 rings (SSSR count). The summed E-state index contributed by atoms with van der Waals surface area (Å²) in [7, 11) is 0. The average molecular weight is 190 g/mol. The lowest BCUT2D eigenvalue weighted by atomic mass is 9.95. The Morgan fingerprint density at radius 1 is 1.38 bits per heavy atom. The minimum atomic E-state index is -2.40. The minimum absolute atomic E-state index is 0.814. The van der Waals surface area contributed by atoms with Gasteiger partial charge in [-0.2, -0.15) is 0 Å². The molecule has 0 fully saturated rings. The fraction of sp³-hybridized carbons (Fsp3) is 0.400. The molecule has 0 aliphatic heterocycles. The summed E-state index contributed by atoms with van der Waals surface area (Å²) in [6, 6.07) is 0. The Morgan fingerprint density at radius 2 is 1.85 bits per heavy atom. The lowest BCUT2D eigenvalue weighted by Gasteiger charge is -2.20. The predicted molar refractivity (Wildman–Crippen MR) is 40.7 cm³/mol. The smallest absolute Gasteiger partial charge is 0.334 e. The molecule has 0 unspecified atom stereocenters. The molecule has 0 aliphatic rings. The van der Waals surface area contributed by atoms with E-state index in [0.29, 0.717) is 0 Å². The summed E-state index contributed by atoms with van der Waals surface area (Å²) in [6.45, 7) is 0. The first kappa shape index (κ1) is 11.3. The summed E-state index contributed by atoms with van der Waals surface area (Å²) in [5, 5.41) is 8.53. The van der Waals surface area contributed by atoms with E-state index in [1.54, 1.807) is 0 Å². The molecule has 8 heteroatoms. The monoisotopic (exact) mass is 190 g/mol. The van der Waals surface area contributed by atoms with E-state index in [0.717, 1.165) is 0 Å². The minimum Gasteiger partial charge on any atom is -0.479 e. The third kappa shape index (κ3) is 2.39. The number of nitrogens with two attached hydrogens (primary N) is 3. The van der Waals surface area contributed by atoms with Crippen LogP contribution in [0.1, 0.15) is 6.42 Å². The molecule has 74 valence electrons. The number of primary amides is 1. The maximum Gasteiger partial charge on any atom is 0.334 e. The van der Waals surface area contributed by atoms with Crippen LogP contribution in [0.25, 0.3) is 0 Å². The van der Waals surface area contributed by atoms with Crippen molar-refractivity contribution in [2.24, 2.45) is 17.3 Å². The second kappa shape index (κ2) is 3.83. The van der Waals surface area contributed by atoms with Crippen molar-refractivity contribution < 1.29 is 19.5 Å². The van der Waals surface area contributed by atoms with Crippen LogP contribution in [0.2, 0.25) is 0 Å². The zero-order valence-electron chi connectivity index (χ0n) is 6.61. The standard InChI is InChI=1S/C5H10N4O4/c6-2(10)1-5(7,4(12)13)3(11)9-8/h1,7-8H2,(H2,6,10)(H,9,11)(H,12,13)/t5-/m1/s1. The van der Waals surface area contributed by atoms with Gasteiger partial charge in [-0.25, -0.2) is 10.6 Å². The van der Waals surface area contributed by atoms with Gasteiger partial charge in [0.25, 0.3) is 5.91 Å². The third-order valence-corrected chi connectivity index (χ3v) is 1.37. The van der Waals surface area contributed by atoms with Crippen LogP contribution in [0.15, 0.2) is 0 Å². The number of nitrogens with one attached hydrogen (secondary N) is 1. The number of aliphatic carboxylic acids is 1. The van der Waals surface area contributed by atoms with Crippen molar-refractivity contribution in [3.05, 3.63) is 0 Å². The highest BCUT2D eigenvalue weighted by molar-refractivity contribution is 6.09. The van der Waals surface area contributed by atoms with Gasteiger partial charge in [0, 0.05) is 0 Å². The van der Waals surface area contributed by atoms with Crippen LogP contribution >= 0.6 is 0 Å². The number of hydrogen-bond acceptors (Lipinski definition) is 5. The number of hydrogen-bond donors (Lipinski definition) is 5. The van der Waals surface area contributed by atoms with E-state index in [-0.39, 0.29) is 0 Å². The number of rotatable bonds is 4. The Bertz CT molecular complexity index is 253. The molecule has 0 radical (unpaired) electrons. The fourth-order valence-corrected chi connectivity index (χ4v) is 0.657. The molecule has 8 N–H and O–H groups in total. The zero-order chi connectivity index (χ0) is 10.6. The van der Waals surface area contributed by atoms with E-state index in [1.165, 1.54) is 5.43 Å². The van der Waals surface area contributed by atoms with Crippen LogP contribution in [0.3, 0.4) is 0 Å². The Hall–Kier alpha value is -1.67. The van der Waals surface area contributed by atoms with Crippen LogP contribution in [-0.4, -0.2) is 28.4 Å². The number of carbonyl (C=O) groups excluding carboxylic acids is 2. The van der Waals surface area contributed by atoms with Gasteiger partial charge in [0.2, 0.25) is 11.4 Å². The maximum absolute atomic E-state index is 10.9. The summed E-state index contributed by atoms with van der Waals surface area (Å²) in [6.07, 6.45) is -0.814. The Morgan fingerprint density at radius 3 is 2.08 bits per heavy atom. The summed E-state index contributed by atoms with van der Waals surface area (Å²) < 4.78 is 0. The van der Waals surface area contributed by atoms with Gasteiger partial charge in [-0.1, -0.05) is 0 Å². The van der Waals surface area contributed by atoms with Gasteiger partial charge in [0.1, 0.15) is 0 Å². The van der Waals surface area contributed by atoms with Crippen molar-refractivity contribution in [1.29, 1.82) is 0 Å². The molecule has 8 nitrogen and oxygen atoms in total. The van der Waals surface area contributed by atoms with Crippen molar-refractivity contribution in [3.8, 4) is 0 Å². The zero-order valence-corrected chi connectivity index (χ0v) is 6.61. The van der Waals surface area contributed by atoms with E-state index in [2.05, 4.69) is 5.84 Å². The Balaban J connectivity index is 4.83. The summed E-state index contributed by atoms with van der Waals surface area (Å²) in [4.78, 5) is 31.8. The first-order chi connectivity index (χ1) is 5.84. The lowest BCUT2D eigenvalue weighted by molar-refractivity contribution is -0.151. The molecule has 0 saturated carbocycles. The van der Waals surface area contributed by atoms with Crippen LogP contribution in [0.5, 0.6) is 0 Å². The van der Waals surface area contributed by atoms with Gasteiger partial charge in [-0.3, -0.25) is 15.0 Å². The number of amides is 2. The highest BCUT2D eigenvalue weighted by atomic mass is 16.4. The maximum atomic E-state index is 10.9. The van der Waals surface area contributed by atoms with Gasteiger partial charge < -0.3 is 16.6 Å². The van der Waals surface area contributed by atoms with E-state index in [4.69, 9.17) is 16.6 Å². The lowest BCUT2D eigenvalue weighted by Crippen LogP contribution is -2.62. The number of carboxylic acids is 1. The number of hydrazine groups is 1. The molecule has 0 aliphatic carbocycles. The number of carboxylic acid groups (broad SMARTS) is 1. The molecule has 1 atom stereocenters. The quantitative estimate of drug-likeness (QED) is 0.134. The summed E-state index contributed by atoms with van der Waals surface area (Å²) in [5.74, 6) is 0.817. The van der Waals surface area contributed by atoms with Crippen LogP contribution < -0.4 is 22.7 Å². The third-order valence-electron chi connectivity index (χ3n) is 1.37. The molecular weight excluding hydrogens is 180 g/mol. The van der Waals surface area contributed by atoms with Crippen molar-refractivity contribution in [2.45, 2.75) is 12.0 Å². The van der Waals surface area contributed by atoms with E-state index >= 15 is 0 Å². The predicted octanol–water partition coefficient (Wildman–Crippen LogP) is -3.37. The van der Waals surface area contributed by atoms with Crippen LogP contribution in [-0.2, 0) is 14.4 Å². The van der Waals surface area contributed by atoms with Crippen LogP contribution in [0.4, 0.5) is 0 Å². The average Bonchev–Trinajstić information content (AvgIpc) is 2.01. The topological polar surface area (TPSA) is 162 Å². The highest BCUT2D eigenvalue weighted by Crippen LogP contribution is 2.06. The second-order valence-electron chi connectivity index (χ2n) is 2.39. The molecule has 0 aromatic carbocycles. The molecule has 0 aromatic heterocycles. The molecule has 0 spiro atoms. The van der Waals surface area contributed by atoms with Crippen molar-refractivity contribution >= 4 is 17.8 Å². The molecule has 0 saturated heterocycles. The molecule has 13 heavy (non-hydrogen) atoms. The first-order valence-electron chi connectivity index (χ1n) is 3.16. The highest BCUT2D eigenvalue weighted by Gasteiger charge is 2.43. The van der Waals surface area contributed by atoms with Gasteiger partial charge in [0.15, 0.2) is 0 Å². The van der Waals surface area contributed by atoms with E-state index in [9.17, 15) is 14.4 Å². The summed E-state index contributed by atoms with van der Waals surface area (Å²) in [5.41, 5.74) is 8.95. The summed E-state index contributed by atoms with van der Waals surface area (Å²) >= 11 is 0. The Kier molecular flexibility index (Phi) is 3.33. The van der Waals surface area contributed by atoms with Gasteiger partial charge in [-0.15, -0.1) is 0 Å².